The molecule has 0 bridgehead atoms. The van der Waals surface area contributed by atoms with Crippen molar-refractivity contribution in [3.8, 4) is 0 Å². The smallest absolute Gasteiger partial charge is 0.0758 e. The van der Waals surface area contributed by atoms with Crippen molar-refractivity contribution in [3.05, 3.63) is 0 Å². The Morgan fingerprint density at radius 3 is 2.10 bits per heavy atom. The molecule has 2 rings (SSSR count). The highest BCUT2D eigenvalue weighted by molar-refractivity contribution is 4.90. The van der Waals surface area contributed by atoms with E-state index in [0.717, 1.165) is 24.4 Å². The van der Waals surface area contributed by atoms with Gasteiger partial charge in [0.25, 0.3) is 0 Å². The lowest BCUT2D eigenvalue weighted by Gasteiger charge is -2.41. The van der Waals surface area contributed by atoms with Gasteiger partial charge in [-0.2, -0.15) is 0 Å². The Kier molecular flexibility index (Phi) is 7.53. The van der Waals surface area contributed by atoms with E-state index in [0.29, 0.717) is 12.1 Å². The fourth-order valence-corrected chi connectivity index (χ4v) is 4.81. The predicted octanol–water partition coefficient (Wildman–Crippen LogP) is 4.78. The first-order valence-corrected chi connectivity index (χ1v) is 9.59. The highest BCUT2D eigenvalue weighted by atomic mass is 16.5. The average Bonchev–Trinajstić information content (AvgIpc) is 2.56. The summed E-state index contributed by atoms with van der Waals surface area (Å²) in [6.07, 6.45) is 14.5. The fourth-order valence-electron chi connectivity index (χ4n) is 4.81. The molecule has 2 nitrogen and oxygen atoms in total. The Morgan fingerprint density at radius 2 is 1.57 bits per heavy atom. The Morgan fingerprint density at radius 1 is 0.905 bits per heavy atom. The molecule has 0 aromatic rings. The molecule has 0 amide bonds. The van der Waals surface area contributed by atoms with Gasteiger partial charge >= 0.3 is 0 Å². The van der Waals surface area contributed by atoms with Crippen LogP contribution in [0.15, 0.2) is 0 Å². The summed E-state index contributed by atoms with van der Waals surface area (Å²) in [6, 6.07) is 0.575. The van der Waals surface area contributed by atoms with Crippen LogP contribution in [-0.2, 0) is 4.74 Å². The van der Waals surface area contributed by atoms with Gasteiger partial charge in [-0.05, 0) is 57.4 Å². The molecule has 2 fully saturated rings. The first kappa shape index (κ1) is 17.3. The topological polar surface area (TPSA) is 21.3 Å². The van der Waals surface area contributed by atoms with Crippen LogP contribution in [0.2, 0.25) is 0 Å². The first-order chi connectivity index (χ1) is 10.3. The van der Waals surface area contributed by atoms with Crippen LogP contribution in [0.3, 0.4) is 0 Å². The monoisotopic (exact) mass is 295 g/mol. The summed E-state index contributed by atoms with van der Waals surface area (Å²) in [6.45, 7) is 5.38. The molecule has 124 valence electrons. The van der Waals surface area contributed by atoms with E-state index in [4.69, 9.17) is 4.74 Å². The van der Waals surface area contributed by atoms with Crippen molar-refractivity contribution in [2.45, 2.75) is 90.2 Å². The molecular formula is C19H37NO. The number of nitrogens with one attached hydrogen (secondary N) is 1. The van der Waals surface area contributed by atoms with Crippen LogP contribution in [0.25, 0.3) is 0 Å². The van der Waals surface area contributed by atoms with Gasteiger partial charge in [0, 0.05) is 12.6 Å². The number of ether oxygens (including phenoxy) is 1. The van der Waals surface area contributed by atoms with E-state index in [1.807, 2.05) is 0 Å². The van der Waals surface area contributed by atoms with Crippen molar-refractivity contribution < 1.29 is 4.74 Å². The van der Waals surface area contributed by atoms with Gasteiger partial charge < -0.3 is 10.1 Å². The molecule has 2 aliphatic carbocycles. The van der Waals surface area contributed by atoms with E-state index >= 15 is 0 Å². The quantitative estimate of drug-likeness (QED) is 0.730. The van der Waals surface area contributed by atoms with Gasteiger partial charge in [-0.3, -0.25) is 0 Å². The minimum atomic E-state index is 0.448. The maximum absolute atomic E-state index is 6.28. The van der Waals surface area contributed by atoms with Crippen LogP contribution >= 0.6 is 0 Å². The lowest BCUT2D eigenvalue weighted by atomic mass is 9.72. The van der Waals surface area contributed by atoms with Gasteiger partial charge in [0.1, 0.15) is 0 Å². The van der Waals surface area contributed by atoms with Crippen LogP contribution in [0, 0.1) is 17.8 Å². The molecule has 1 N–H and O–H groups in total. The van der Waals surface area contributed by atoms with Crippen molar-refractivity contribution in [2.75, 3.05) is 13.7 Å². The molecule has 21 heavy (non-hydrogen) atoms. The zero-order valence-corrected chi connectivity index (χ0v) is 14.6. The molecule has 0 aliphatic heterocycles. The van der Waals surface area contributed by atoms with Crippen LogP contribution < -0.4 is 5.32 Å². The van der Waals surface area contributed by atoms with E-state index in [1.54, 1.807) is 0 Å². The number of hydrogen-bond donors (Lipinski definition) is 1. The second-order valence-corrected chi connectivity index (χ2v) is 7.32. The summed E-state index contributed by atoms with van der Waals surface area (Å²) in [5.74, 6) is 2.61. The van der Waals surface area contributed by atoms with Crippen molar-refractivity contribution in [1.82, 2.24) is 5.32 Å². The second kappa shape index (κ2) is 9.15. The molecule has 2 aliphatic rings. The van der Waals surface area contributed by atoms with Crippen molar-refractivity contribution in [3.63, 3.8) is 0 Å². The molecule has 0 saturated heterocycles. The molecule has 2 unspecified atom stereocenters. The standard InChI is InChI=1S/C19H37NO/c1-4-15-11-13-16(14-12-15)18(20-3)19(21-5-2)17-9-7-6-8-10-17/h15-20H,4-14H2,1-3H3. The van der Waals surface area contributed by atoms with Crippen LogP contribution in [-0.4, -0.2) is 25.8 Å². The molecule has 0 radical (unpaired) electrons. The number of rotatable bonds is 7. The van der Waals surface area contributed by atoms with Gasteiger partial charge in [0.05, 0.1) is 6.10 Å². The molecule has 2 saturated carbocycles. The first-order valence-electron chi connectivity index (χ1n) is 9.59. The zero-order chi connectivity index (χ0) is 15.1. The fraction of sp³-hybridized carbons (Fsp3) is 1.00. The molecule has 0 aromatic heterocycles. The molecule has 0 spiro atoms. The van der Waals surface area contributed by atoms with E-state index in [1.165, 1.54) is 64.2 Å². The Bertz CT molecular complexity index is 267. The number of likely N-dealkylation sites (N-methyl/N-ethyl adjacent to an activating group) is 1. The van der Waals surface area contributed by atoms with E-state index in [-0.39, 0.29) is 0 Å². The summed E-state index contributed by atoms with van der Waals surface area (Å²) >= 11 is 0. The molecule has 2 heteroatoms. The molecule has 2 atom stereocenters. The lowest BCUT2D eigenvalue weighted by molar-refractivity contribution is -0.0352. The van der Waals surface area contributed by atoms with Crippen LogP contribution in [0.5, 0.6) is 0 Å². The zero-order valence-electron chi connectivity index (χ0n) is 14.6. The molecular weight excluding hydrogens is 258 g/mol. The largest absolute Gasteiger partial charge is 0.377 e. The minimum absolute atomic E-state index is 0.448. The lowest BCUT2D eigenvalue weighted by Crippen LogP contribution is -2.50. The third-order valence-corrected chi connectivity index (χ3v) is 6.14. The molecule has 0 aromatic carbocycles. The number of hydrogen-bond acceptors (Lipinski definition) is 2. The van der Waals surface area contributed by atoms with Gasteiger partial charge in [-0.15, -0.1) is 0 Å². The third kappa shape index (κ3) is 4.69. The van der Waals surface area contributed by atoms with Crippen molar-refractivity contribution >= 4 is 0 Å². The van der Waals surface area contributed by atoms with Gasteiger partial charge in [-0.1, -0.05) is 45.4 Å². The summed E-state index contributed by atoms with van der Waals surface area (Å²) in [5.41, 5.74) is 0. The van der Waals surface area contributed by atoms with Gasteiger partial charge in [0.2, 0.25) is 0 Å². The third-order valence-electron chi connectivity index (χ3n) is 6.14. The van der Waals surface area contributed by atoms with Crippen LogP contribution in [0.1, 0.15) is 78.1 Å². The summed E-state index contributed by atoms with van der Waals surface area (Å²) in [7, 11) is 2.16. The van der Waals surface area contributed by atoms with Crippen molar-refractivity contribution in [1.29, 1.82) is 0 Å². The predicted molar refractivity (Wildman–Crippen MR) is 90.6 cm³/mol. The molecule has 0 heterocycles. The van der Waals surface area contributed by atoms with Crippen molar-refractivity contribution in [2.24, 2.45) is 17.8 Å². The Hall–Kier alpha value is -0.0800. The van der Waals surface area contributed by atoms with E-state index in [9.17, 15) is 0 Å². The normalized spacial score (nSPS) is 31.0. The maximum Gasteiger partial charge on any atom is 0.0758 e. The SMILES string of the molecule is CCOC(C1CCCCC1)C(NC)C1CCC(CC)CC1. The summed E-state index contributed by atoms with van der Waals surface area (Å²) in [4.78, 5) is 0. The van der Waals surface area contributed by atoms with Crippen LogP contribution in [0.4, 0.5) is 0 Å². The Balaban J connectivity index is 1.97. The summed E-state index contributed by atoms with van der Waals surface area (Å²) < 4.78 is 6.28. The van der Waals surface area contributed by atoms with Gasteiger partial charge in [0.15, 0.2) is 0 Å². The summed E-state index contributed by atoms with van der Waals surface area (Å²) in [5, 5.41) is 3.66. The second-order valence-electron chi connectivity index (χ2n) is 7.32. The highest BCUT2D eigenvalue weighted by Gasteiger charge is 2.36. The highest BCUT2D eigenvalue weighted by Crippen LogP contribution is 2.37. The Labute approximate surface area is 132 Å². The minimum Gasteiger partial charge on any atom is -0.377 e. The maximum atomic E-state index is 6.28. The average molecular weight is 296 g/mol. The van der Waals surface area contributed by atoms with E-state index in [2.05, 4.69) is 26.2 Å². The van der Waals surface area contributed by atoms with Gasteiger partial charge in [-0.25, -0.2) is 0 Å². The van der Waals surface area contributed by atoms with E-state index < -0.39 is 0 Å².